The maximum Gasteiger partial charge on any atom is 0.188 e. The molecule has 3 nitrogen and oxygen atoms in total. The first-order chi connectivity index (χ1) is 8.08. The van der Waals surface area contributed by atoms with E-state index in [0.717, 1.165) is 41.3 Å². The highest BCUT2D eigenvalue weighted by molar-refractivity contribution is 7.99. The van der Waals surface area contributed by atoms with Crippen LogP contribution in [0.1, 0.15) is 31.7 Å². The van der Waals surface area contributed by atoms with Crippen LogP contribution >= 0.6 is 11.8 Å². The van der Waals surface area contributed by atoms with Gasteiger partial charge in [-0.3, -0.25) is 0 Å². The molecule has 0 bridgehead atoms. The Morgan fingerprint density at radius 3 is 2.41 bits per heavy atom. The van der Waals surface area contributed by atoms with Crippen molar-refractivity contribution in [2.45, 2.75) is 39.3 Å². The first-order valence-electron chi connectivity index (χ1n) is 6.23. The Bertz CT molecular complexity index is 319. The zero-order valence-electron chi connectivity index (χ0n) is 11.3. The first kappa shape index (κ1) is 14.5. The third-order valence-corrected chi connectivity index (χ3v) is 3.22. The fraction of sp³-hybridized carbons (Fsp3) is 0.692. The third-order valence-electron chi connectivity index (χ3n) is 2.37. The highest BCUT2D eigenvalue weighted by Crippen LogP contribution is 2.12. The molecule has 1 aromatic rings. The maximum atomic E-state index is 4.40. The molecule has 1 aromatic heterocycles. The van der Waals surface area contributed by atoms with E-state index in [1.54, 1.807) is 11.8 Å². The molecule has 0 aliphatic rings. The molecular weight excluding hydrogens is 230 g/mol. The molecule has 0 aliphatic heterocycles. The fourth-order valence-electron chi connectivity index (χ4n) is 1.49. The topological polar surface area (TPSA) is 37.8 Å². The van der Waals surface area contributed by atoms with Gasteiger partial charge in [0.2, 0.25) is 0 Å². The van der Waals surface area contributed by atoms with Gasteiger partial charge in [-0.1, -0.05) is 25.6 Å². The van der Waals surface area contributed by atoms with Crippen LogP contribution in [0.4, 0.5) is 0 Å². The summed E-state index contributed by atoms with van der Waals surface area (Å²) in [6, 6.07) is 2.00. The summed E-state index contributed by atoms with van der Waals surface area (Å²) in [7, 11) is 0. The van der Waals surface area contributed by atoms with Crippen molar-refractivity contribution in [2.24, 2.45) is 5.92 Å². The lowest BCUT2D eigenvalue weighted by Gasteiger charge is -2.06. The van der Waals surface area contributed by atoms with Gasteiger partial charge >= 0.3 is 0 Å². The van der Waals surface area contributed by atoms with Crippen LogP contribution in [0.25, 0.3) is 0 Å². The molecule has 0 saturated heterocycles. The van der Waals surface area contributed by atoms with E-state index in [1.165, 1.54) is 6.42 Å². The Balaban J connectivity index is 2.18. The molecule has 0 fully saturated rings. The van der Waals surface area contributed by atoms with E-state index >= 15 is 0 Å². The molecule has 0 aliphatic carbocycles. The van der Waals surface area contributed by atoms with Crippen LogP contribution in [0.15, 0.2) is 11.2 Å². The lowest BCUT2D eigenvalue weighted by atomic mass is 10.1. The van der Waals surface area contributed by atoms with Crippen molar-refractivity contribution < 1.29 is 0 Å². The van der Waals surface area contributed by atoms with Crippen LogP contribution in [-0.4, -0.2) is 28.8 Å². The molecule has 0 radical (unpaired) electrons. The predicted octanol–water partition coefficient (Wildman–Crippen LogP) is 2.82. The van der Waals surface area contributed by atoms with Crippen LogP contribution in [0.5, 0.6) is 0 Å². The molecular formula is C13H23N3S. The first-order valence-corrected chi connectivity index (χ1v) is 7.22. The minimum Gasteiger partial charge on any atom is -0.316 e. The molecule has 1 N–H and O–H groups in total. The zero-order valence-corrected chi connectivity index (χ0v) is 12.1. The van der Waals surface area contributed by atoms with Crippen LogP contribution in [0, 0.1) is 19.8 Å². The average molecular weight is 253 g/mol. The van der Waals surface area contributed by atoms with Gasteiger partial charge in [-0.25, -0.2) is 9.97 Å². The standard InChI is InChI=1S/C13H23N3S/c1-10(2)5-6-14-7-8-17-13-15-11(3)9-12(4)16-13/h9-10,14H,5-8H2,1-4H3. The molecule has 96 valence electrons. The van der Waals surface area contributed by atoms with Crippen LogP contribution in [0.2, 0.25) is 0 Å². The van der Waals surface area contributed by atoms with Gasteiger partial charge in [0.15, 0.2) is 5.16 Å². The molecule has 17 heavy (non-hydrogen) atoms. The van der Waals surface area contributed by atoms with Crippen molar-refractivity contribution in [3.05, 3.63) is 17.5 Å². The van der Waals surface area contributed by atoms with Crippen molar-refractivity contribution in [2.75, 3.05) is 18.8 Å². The summed E-state index contributed by atoms with van der Waals surface area (Å²) in [5.41, 5.74) is 2.10. The quantitative estimate of drug-likeness (QED) is 0.461. The van der Waals surface area contributed by atoms with E-state index in [-0.39, 0.29) is 0 Å². The summed E-state index contributed by atoms with van der Waals surface area (Å²) in [6.45, 7) is 10.7. The van der Waals surface area contributed by atoms with Crippen LogP contribution < -0.4 is 5.32 Å². The summed E-state index contributed by atoms with van der Waals surface area (Å²) in [6.07, 6.45) is 1.24. The predicted molar refractivity (Wildman–Crippen MR) is 74.6 cm³/mol. The van der Waals surface area contributed by atoms with Crippen molar-refractivity contribution in [1.82, 2.24) is 15.3 Å². The van der Waals surface area contributed by atoms with Crippen LogP contribution in [0.3, 0.4) is 0 Å². The van der Waals surface area contributed by atoms with Crippen molar-refractivity contribution in [3.63, 3.8) is 0 Å². The molecule has 4 heteroatoms. The Morgan fingerprint density at radius 1 is 1.18 bits per heavy atom. The normalized spacial score (nSPS) is 11.1. The van der Waals surface area contributed by atoms with Gasteiger partial charge in [0.25, 0.3) is 0 Å². The Hall–Kier alpha value is -0.610. The highest BCUT2D eigenvalue weighted by atomic mass is 32.2. The molecule has 1 heterocycles. The van der Waals surface area contributed by atoms with Gasteiger partial charge < -0.3 is 5.32 Å². The number of aryl methyl sites for hydroxylation is 2. The molecule has 0 aromatic carbocycles. The number of nitrogens with zero attached hydrogens (tertiary/aromatic N) is 2. The number of nitrogens with one attached hydrogen (secondary N) is 1. The number of aromatic nitrogens is 2. The van der Waals surface area contributed by atoms with E-state index < -0.39 is 0 Å². The molecule has 0 saturated carbocycles. The molecule has 0 spiro atoms. The SMILES string of the molecule is Cc1cc(C)nc(SCCNCCC(C)C)n1. The maximum absolute atomic E-state index is 4.40. The second-order valence-corrected chi connectivity index (χ2v) is 5.78. The Labute approximate surface area is 109 Å². The second kappa shape index (κ2) is 7.67. The van der Waals surface area contributed by atoms with E-state index in [1.807, 2.05) is 19.9 Å². The van der Waals surface area contributed by atoms with Gasteiger partial charge in [-0.05, 0) is 38.8 Å². The third kappa shape index (κ3) is 6.64. The smallest absolute Gasteiger partial charge is 0.188 e. The largest absolute Gasteiger partial charge is 0.316 e. The van der Waals surface area contributed by atoms with Gasteiger partial charge in [0.05, 0.1) is 0 Å². The Kier molecular flexibility index (Phi) is 6.52. The average Bonchev–Trinajstić information content (AvgIpc) is 2.21. The highest BCUT2D eigenvalue weighted by Gasteiger charge is 2.00. The summed E-state index contributed by atoms with van der Waals surface area (Å²) in [5.74, 6) is 1.80. The number of hydrogen-bond donors (Lipinski definition) is 1. The van der Waals surface area contributed by atoms with Crippen molar-refractivity contribution in [1.29, 1.82) is 0 Å². The second-order valence-electron chi connectivity index (χ2n) is 4.71. The van der Waals surface area contributed by atoms with Gasteiger partial charge in [-0.15, -0.1) is 0 Å². The van der Waals surface area contributed by atoms with E-state index in [4.69, 9.17) is 0 Å². The van der Waals surface area contributed by atoms with E-state index in [9.17, 15) is 0 Å². The lowest BCUT2D eigenvalue weighted by Crippen LogP contribution is -2.19. The lowest BCUT2D eigenvalue weighted by molar-refractivity contribution is 0.547. The van der Waals surface area contributed by atoms with Gasteiger partial charge in [0.1, 0.15) is 0 Å². The van der Waals surface area contributed by atoms with Gasteiger partial charge in [0, 0.05) is 23.7 Å². The van der Waals surface area contributed by atoms with E-state index in [0.29, 0.717) is 0 Å². The van der Waals surface area contributed by atoms with Crippen molar-refractivity contribution >= 4 is 11.8 Å². The van der Waals surface area contributed by atoms with Gasteiger partial charge in [-0.2, -0.15) is 0 Å². The van der Waals surface area contributed by atoms with E-state index in [2.05, 4.69) is 29.1 Å². The fourth-order valence-corrected chi connectivity index (χ4v) is 2.33. The van der Waals surface area contributed by atoms with Crippen molar-refractivity contribution in [3.8, 4) is 0 Å². The molecule has 0 atom stereocenters. The number of hydrogen-bond acceptors (Lipinski definition) is 4. The summed E-state index contributed by atoms with van der Waals surface area (Å²) in [5, 5.41) is 4.34. The zero-order chi connectivity index (χ0) is 12.7. The van der Waals surface area contributed by atoms with Crippen LogP contribution in [-0.2, 0) is 0 Å². The summed E-state index contributed by atoms with van der Waals surface area (Å²) >= 11 is 1.72. The molecule has 0 unspecified atom stereocenters. The minimum atomic E-state index is 0.776. The minimum absolute atomic E-state index is 0.776. The summed E-state index contributed by atoms with van der Waals surface area (Å²) < 4.78 is 0. The number of rotatable bonds is 7. The molecule has 1 rings (SSSR count). The molecule has 0 amide bonds. The number of thioether (sulfide) groups is 1. The Morgan fingerprint density at radius 2 is 1.82 bits per heavy atom. The summed E-state index contributed by atoms with van der Waals surface area (Å²) in [4.78, 5) is 8.81. The monoisotopic (exact) mass is 253 g/mol.